The Hall–Kier alpha value is -1.46. The Morgan fingerprint density at radius 2 is 1.61 bits per heavy atom. The Labute approximate surface area is 108 Å². The number of ether oxygens (including phenoxy) is 3. The Kier molecular flexibility index (Phi) is 5.74. The van der Waals surface area contributed by atoms with Crippen molar-refractivity contribution >= 4 is 0 Å². The van der Waals surface area contributed by atoms with Gasteiger partial charge in [-0.05, 0) is 37.1 Å². The maximum absolute atomic E-state index is 6.11. The number of hydrogen-bond donors (Lipinski definition) is 2. The lowest BCUT2D eigenvalue weighted by Crippen LogP contribution is -2.13. The molecule has 1 atom stereocenters. The Balaban J connectivity index is 3.06. The summed E-state index contributed by atoms with van der Waals surface area (Å²) in [5.74, 6) is 1.82. The van der Waals surface area contributed by atoms with Crippen LogP contribution in [-0.2, 0) is 0 Å². The van der Waals surface area contributed by atoms with E-state index in [1.54, 1.807) is 21.3 Å². The first-order valence-corrected chi connectivity index (χ1v) is 5.93. The van der Waals surface area contributed by atoms with Crippen molar-refractivity contribution in [2.75, 3.05) is 27.9 Å². The molecule has 0 amide bonds. The summed E-state index contributed by atoms with van der Waals surface area (Å²) in [4.78, 5) is 0. The van der Waals surface area contributed by atoms with E-state index in [0.29, 0.717) is 23.8 Å². The molecule has 0 fully saturated rings. The van der Waals surface area contributed by atoms with Gasteiger partial charge in [0.2, 0.25) is 5.75 Å². The van der Waals surface area contributed by atoms with Gasteiger partial charge in [-0.2, -0.15) is 0 Å². The van der Waals surface area contributed by atoms with Gasteiger partial charge in [0.15, 0.2) is 11.5 Å². The van der Waals surface area contributed by atoms with Crippen LogP contribution >= 0.6 is 0 Å². The highest BCUT2D eigenvalue weighted by atomic mass is 16.5. The zero-order chi connectivity index (χ0) is 13.5. The molecule has 0 aliphatic heterocycles. The molecule has 5 heteroatoms. The van der Waals surface area contributed by atoms with Crippen molar-refractivity contribution in [2.45, 2.75) is 18.9 Å². The fourth-order valence-electron chi connectivity index (χ4n) is 1.82. The molecule has 0 saturated heterocycles. The first kappa shape index (κ1) is 14.6. The summed E-state index contributed by atoms with van der Waals surface area (Å²) >= 11 is 0. The summed E-state index contributed by atoms with van der Waals surface area (Å²) in [6.07, 6.45) is 1.72. The minimum Gasteiger partial charge on any atom is -0.493 e. The number of hydrogen-bond acceptors (Lipinski definition) is 5. The second-order valence-electron chi connectivity index (χ2n) is 4.00. The van der Waals surface area contributed by atoms with Gasteiger partial charge in [-0.1, -0.05) is 0 Å². The van der Waals surface area contributed by atoms with Crippen LogP contribution in [0.5, 0.6) is 17.2 Å². The van der Waals surface area contributed by atoms with Crippen molar-refractivity contribution in [2.24, 2.45) is 11.5 Å². The van der Waals surface area contributed by atoms with Crippen LogP contribution in [0, 0.1) is 0 Å². The molecule has 0 aliphatic carbocycles. The Morgan fingerprint density at radius 3 is 2.00 bits per heavy atom. The maximum atomic E-state index is 6.11. The molecule has 1 aromatic carbocycles. The summed E-state index contributed by atoms with van der Waals surface area (Å²) in [6, 6.07) is 3.67. The van der Waals surface area contributed by atoms with Crippen LogP contribution in [0.2, 0.25) is 0 Å². The molecule has 18 heavy (non-hydrogen) atoms. The molecule has 0 aromatic heterocycles. The summed E-state index contributed by atoms with van der Waals surface area (Å²) in [7, 11) is 4.76. The zero-order valence-electron chi connectivity index (χ0n) is 11.2. The van der Waals surface area contributed by atoms with Crippen molar-refractivity contribution in [1.29, 1.82) is 0 Å². The van der Waals surface area contributed by atoms with Crippen LogP contribution in [0.3, 0.4) is 0 Å². The molecule has 4 N–H and O–H groups in total. The molecule has 0 unspecified atom stereocenters. The highest BCUT2D eigenvalue weighted by Crippen LogP contribution is 2.39. The van der Waals surface area contributed by atoms with Crippen LogP contribution in [0.15, 0.2) is 12.1 Å². The van der Waals surface area contributed by atoms with E-state index in [1.165, 1.54) is 0 Å². The summed E-state index contributed by atoms with van der Waals surface area (Å²) in [6.45, 7) is 0.637. The van der Waals surface area contributed by atoms with Crippen LogP contribution < -0.4 is 25.7 Å². The van der Waals surface area contributed by atoms with Gasteiger partial charge in [-0.25, -0.2) is 0 Å². The first-order chi connectivity index (χ1) is 8.67. The topological polar surface area (TPSA) is 79.7 Å². The molecular formula is C13H22N2O3. The molecule has 0 radical (unpaired) electrons. The van der Waals surface area contributed by atoms with E-state index in [1.807, 2.05) is 12.1 Å². The predicted octanol–water partition coefficient (Wildman–Crippen LogP) is 1.45. The molecule has 0 aliphatic rings. The van der Waals surface area contributed by atoms with Crippen molar-refractivity contribution in [3.05, 3.63) is 17.7 Å². The minimum atomic E-state index is -0.0812. The van der Waals surface area contributed by atoms with Crippen molar-refractivity contribution in [1.82, 2.24) is 0 Å². The lowest BCUT2D eigenvalue weighted by Gasteiger charge is -2.17. The smallest absolute Gasteiger partial charge is 0.203 e. The van der Waals surface area contributed by atoms with Crippen molar-refractivity contribution in [3.8, 4) is 17.2 Å². The van der Waals surface area contributed by atoms with E-state index in [4.69, 9.17) is 25.7 Å². The highest BCUT2D eigenvalue weighted by molar-refractivity contribution is 5.54. The second-order valence-corrected chi connectivity index (χ2v) is 4.00. The lowest BCUT2D eigenvalue weighted by molar-refractivity contribution is 0.323. The van der Waals surface area contributed by atoms with E-state index in [9.17, 15) is 0 Å². The van der Waals surface area contributed by atoms with Crippen molar-refractivity contribution in [3.63, 3.8) is 0 Å². The van der Waals surface area contributed by atoms with E-state index >= 15 is 0 Å². The average molecular weight is 254 g/mol. The van der Waals surface area contributed by atoms with Crippen LogP contribution in [-0.4, -0.2) is 27.9 Å². The van der Waals surface area contributed by atoms with Gasteiger partial charge in [0, 0.05) is 6.04 Å². The molecule has 0 heterocycles. The lowest BCUT2D eigenvalue weighted by atomic mass is 10.0. The van der Waals surface area contributed by atoms with Crippen LogP contribution in [0.25, 0.3) is 0 Å². The third-order valence-electron chi connectivity index (χ3n) is 2.83. The molecular weight excluding hydrogens is 232 g/mol. The molecule has 0 saturated carbocycles. The van der Waals surface area contributed by atoms with Gasteiger partial charge in [-0.15, -0.1) is 0 Å². The van der Waals surface area contributed by atoms with Gasteiger partial charge in [-0.3, -0.25) is 0 Å². The molecule has 0 spiro atoms. The first-order valence-electron chi connectivity index (χ1n) is 5.93. The van der Waals surface area contributed by atoms with Crippen LogP contribution in [0.4, 0.5) is 0 Å². The fourth-order valence-corrected chi connectivity index (χ4v) is 1.82. The highest BCUT2D eigenvalue weighted by Gasteiger charge is 2.16. The minimum absolute atomic E-state index is 0.0812. The number of rotatable bonds is 7. The molecule has 5 nitrogen and oxygen atoms in total. The number of methoxy groups -OCH3 is 3. The van der Waals surface area contributed by atoms with Crippen molar-refractivity contribution < 1.29 is 14.2 Å². The molecule has 102 valence electrons. The quantitative estimate of drug-likeness (QED) is 0.770. The van der Waals surface area contributed by atoms with Gasteiger partial charge >= 0.3 is 0 Å². The zero-order valence-corrected chi connectivity index (χ0v) is 11.2. The summed E-state index contributed by atoms with van der Waals surface area (Å²) in [5.41, 5.74) is 12.6. The van der Waals surface area contributed by atoms with E-state index in [-0.39, 0.29) is 6.04 Å². The second kappa shape index (κ2) is 7.08. The number of nitrogens with two attached hydrogens (primary N) is 2. The standard InChI is InChI=1S/C13H22N2O3/c1-16-11-7-9(10(15)5-4-6-14)8-12(17-2)13(11)18-3/h7-8,10H,4-6,14-15H2,1-3H3/t10-/m1/s1. The summed E-state index contributed by atoms with van der Waals surface area (Å²) < 4.78 is 15.8. The van der Waals surface area contributed by atoms with Gasteiger partial charge < -0.3 is 25.7 Å². The van der Waals surface area contributed by atoms with E-state index in [2.05, 4.69) is 0 Å². The van der Waals surface area contributed by atoms with Gasteiger partial charge in [0.05, 0.1) is 21.3 Å². The van der Waals surface area contributed by atoms with Crippen LogP contribution in [0.1, 0.15) is 24.4 Å². The third-order valence-corrected chi connectivity index (χ3v) is 2.83. The Morgan fingerprint density at radius 1 is 1.06 bits per heavy atom. The largest absolute Gasteiger partial charge is 0.493 e. The fraction of sp³-hybridized carbons (Fsp3) is 0.538. The Bertz CT molecular complexity index is 357. The average Bonchev–Trinajstić information content (AvgIpc) is 2.42. The monoisotopic (exact) mass is 254 g/mol. The molecule has 1 rings (SSSR count). The predicted molar refractivity (Wildman–Crippen MR) is 71.3 cm³/mol. The van der Waals surface area contributed by atoms with E-state index < -0.39 is 0 Å². The molecule has 1 aromatic rings. The maximum Gasteiger partial charge on any atom is 0.203 e. The van der Waals surface area contributed by atoms with Gasteiger partial charge in [0.1, 0.15) is 0 Å². The molecule has 0 bridgehead atoms. The summed E-state index contributed by atoms with van der Waals surface area (Å²) in [5, 5.41) is 0. The SMILES string of the molecule is COc1cc([C@H](N)CCCN)cc(OC)c1OC. The van der Waals surface area contributed by atoms with Gasteiger partial charge in [0.25, 0.3) is 0 Å². The number of benzene rings is 1. The normalized spacial score (nSPS) is 12.1. The van der Waals surface area contributed by atoms with E-state index in [0.717, 1.165) is 18.4 Å². The third kappa shape index (κ3) is 3.27.